The highest BCUT2D eigenvalue weighted by Crippen LogP contribution is 2.77. The number of aliphatic hydroxyl groups is 1. The van der Waals surface area contributed by atoms with Crippen molar-refractivity contribution in [1.82, 2.24) is 5.32 Å². The van der Waals surface area contributed by atoms with Gasteiger partial charge in [-0.3, -0.25) is 4.79 Å². The quantitative estimate of drug-likeness (QED) is 0.171. The normalized spacial score (nSPS) is 37.7. The van der Waals surface area contributed by atoms with E-state index in [1.807, 2.05) is 36.6 Å². The van der Waals surface area contributed by atoms with E-state index in [0.29, 0.717) is 51.0 Å². The Morgan fingerprint density at radius 1 is 0.887 bits per heavy atom. The number of hydrogen-bond acceptors (Lipinski definition) is 4. The average molecular weight is 714 g/mol. The van der Waals surface area contributed by atoms with Crippen molar-refractivity contribution in [3.63, 3.8) is 0 Å². The fourth-order valence-electron chi connectivity index (χ4n) is 14.3. The molecule has 0 radical (unpaired) electrons. The van der Waals surface area contributed by atoms with Gasteiger partial charge in [-0.2, -0.15) is 0 Å². The molecule has 5 aliphatic rings. The van der Waals surface area contributed by atoms with Gasteiger partial charge in [0.15, 0.2) is 5.78 Å². The molecule has 0 amide bonds. The van der Waals surface area contributed by atoms with Gasteiger partial charge in [-0.05, 0) is 144 Å². The van der Waals surface area contributed by atoms with Crippen LogP contribution in [0.5, 0.6) is 0 Å². The molecule has 4 heteroatoms. The Balaban J connectivity index is 1.05. The van der Waals surface area contributed by atoms with Crippen LogP contribution < -0.4 is 5.32 Å². The van der Waals surface area contributed by atoms with Gasteiger partial charge in [0.05, 0.1) is 12.5 Å². The number of furan rings is 1. The van der Waals surface area contributed by atoms with Crippen LogP contribution in [0.2, 0.25) is 0 Å². The minimum atomic E-state index is -1.16. The summed E-state index contributed by atoms with van der Waals surface area (Å²) in [5.74, 6) is 3.12. The Hall–Kier alpha value is -3.21. The smallest absolute Gasteiger partial charge is 0.195 e. The summed E-state index contributed by atoms with van der Waals surface area (Å²) in [6, 6.07) is 19.4. The van der Waals surface area contributed by atoms with E-state index < -0.39 is 6.10 Å². The summed E-state index contributed by atoms with van der Waals surface area (Å²) in [6.45, 7) is 22.1. The van der Waals surface area contributed by atoms with Crippen molar-refractivity contribution in [1.29, 1.82) is 0 Å². The molecule has 8 rings (SSSR count). The summed E-state index contributed by atoms with van der Waals surface area (Å²) in [6.07, 6.45) is 16.8. The first-order valence-electron chi connectivity index (χ1n) is 20.7. The molecule has 4 fully saturated rings. The summed E-state index contributed by atoms with van der Waals surface area (Å²) >= 11 is 0. The summed E-state index contributed by atoms with van der Waals surface area (Å²) in [4.78, 5) is 13.0. The van der Waals surface area contributed by atoms with Gasteiger partial charge in [0.1, 0.15) is 6.10 Å². The fraction of sp³-hybridized carbons (Fsp3) is 0.571. The predicted molar refractivity (Wildman–Crippen MR) is 215 cm³/mol. The molecule has 1 unspecified atom stereocenters. The topological polar surface area (TPSA) is 62.5 Å². The van der Waals surface area contributed by atoms with E-state index in [-0.39, 0.29) is 16.6 Å². The van der Waals surface area contributed by atoms with E-state index in [2.05, 4.69) is 77.7 Å². The zero-order valence-corrected chi connectivity index (χ0v) is 33.2. The maximum atomic E-state index is 13.0. The molecule has 0 bridgehead atoms. The summed E-state index contributed by atoms with van der Waals surface area (Å²) in [5, 5.41) is 14.9. The van der Waals surface area contributed by atoms with Crippen LogP contribution in [-0.2, 0) is 6.54 Å². The first-order chi connectivity index (χ1) is 25.3. The van der Waals surface area contributed by atoms with Crippen LogP contribution in [0, 0.1) is 56.7 Å². The minimum absolute atomic E-state index is 0.0188. The Morgan fingerprint density at radius 2 is 1.64 bits per heavy atom. The molecule has 4 nitrogen and oxygen atoms in total. The van der Waals surface area contributed by atoms with Gasteiger partial charge in [-0.1, -0.05) is 107 Å². The van der Waals surface area contributed by atoms with E-state index in [4.69, 9.17) is 4.42 Å². The SMILES string of the molecule is C=C(C)[C@@H]1CC[C@]2(CNCc3ccoc3)CC[C@]3(C)[C@H](CC[C@@H]4[C@@]5(C)CC=C(c6ccc(C(O)C(=O)c7ccccc7)cc6)C(C)(C)[C@@H]5CC[C@]43C)[C@@H]12. The molecule has 2 aromatic carbocycles. The Kier molecular flexibility index (Phi) is 9.17. The molecule has 3 aromatic rings. The highest BCUT2D eigenvalue weighted by Gasteiger charge is 2.70. The third-order valence-electron chi connectivity index (χ3n) is 17.0. The molecule has 53 heavy (non-hydrogen) atoms. The summed E-state index contributed by atoms with van der Waals surface area (Å²) < 4.78 is 5.38. The first-order valence-corrected chi connectivity index (χ1v) is 20.7. The van der Waals surface area contributed by atoms with Crippen LogP contribution in [0.3, 0.4) is 0 Å². The number of ketones is 1. The molecule has 2 N–H and O–H groups in total. The number of carbonyl (C=O) groups is 1. The van der Waals surface area contributed by atoms with Crippen LogP contribution in [0.4, 0.5) is 0 Å². The lowest BCUT2D eigenvalue weighted by Gasteiger charge is -2.72. The second-order valence-electron chi connectivity index (χ2n) is 19.6. The molecule has 4 saturated carbocycles. The summed E-state index contributed by atoms with van der Waals surface area (Å²) in [7, 11) is 0. The maximum absolute atomic E-state index is 13.0. The maximum Gasteiger partial charge on any atom is 0.195 e. The van der Waals surface area contributed by atoms with Crippen molar-refractivity contribution in [2.75, 3.05) is 6.54 Å². The monoisotopic (exact) mass is 713 g/mol. The van der Waals surface area contributed by atoms with Crippen molar-refractivity contribution in [3.8, 4) is 0 Å². The lowest BCUT2D eigenvalue weighted by molar-refractivity contribution is -0.225. The van der Waals surface area contributed by atoms with E-state index in [1.54, 1.807) is 18.4 Å². The third kappa shape index (κ3) is 5.63. The van der Waals surface area contributed by atoms with Crippen LogP contribution in [0.25, 0.3) is 5.57 Å². The van der Waals surface area contributed by atoms with Gasteiger partial charge in [0, 0.05) is 24.2 Å². The first kappa shape index (κ1) is 36.8. The number of aliphatic hydroxyl groups excluding tert-OH is 1. The number of hydrogen-bond donors (Lipinski definition) is 2. The highest BCUT2D eigenvalue weighted by atomic mass is 16.3. The molecule has 1 aromatic heterocycles. The Bertz CT molecular complexity index is 1860. The van der Waals surface area contributed by atoms with Crippen LogP contribution >= 0.6 is 0 Å². The van der Waals surface area contributed by atoms with Gasteiger partial charge >= 0.3 is 0 Å². The third-order valence-corrected chi connectivity index (χ3v) is 17.0. The molecule has 0 aliphatic heterocycles. The van der Waals surface area contributed by atoms with Crippen molar-refractivity contribution < 1.29 is 14.3 Å². The lowest BCUT2D eigenvalue weighted by Crippen LogP contribution is -2.65. The second kappa shape index (κ2) is 13.2. The van der Waals surface area contributed by atoms with Crippen molar-refractivity contribution in [2.45, 2.75) is 112 Å². The van der Waals surface area contributed by atoms with E-state index in [9.17, 15) is 9.90 Å². The number of rotatable bonds is 9. The van der Waals surface area contributed by atoms with Crippen molar-refractivity contribution >= 4 is 11.4 Å². The van der Waals surface area contributed by atoms with Gasteiger partial charge in [-0.15, -0.1) is 0 Å². The number of Topliss-reactive ketones (excluding diaryl/α,β-unsaturated/α-hetero) is 1. The van der Waals surface area contributed by atoms with E-state index >= 15 is 0 Å². The summed E-state index contributed by atoms with van der Waals surface area (Å²) in [5.41, 5.74) is 7.75. The van der Waals surface area contributed by atoms with Gasteiger partial charge in [0.2, 0.25) is 0 Å². The Morgan fingerprint density at radius 3 is 2.34 bits per heavy atom. The molecule has 0 spiro atoms. The predicted octanol–water partition coefficient (Wildman–Crippen LogP) is 11.6. The van der Waals surface area contributed by atoms with E-state index in [0.717, 1.165) is 25.4 Å². The van der Waals surface area contributed by atoms with Crippen molar-refractivity contribution in [2.24, 2.45) is 56.7 Å². The number of benzene rings is 2. The molecular formula is C49H63NO3. The minimum Gasteiger partial charge on any atom is -0.472 e. The molecule has 5 aliphatic carbocycles. The zero-order chi connectivity index (χ0) is 37.4. The number of nitrogens with one attached hydrogen (secondary N) is 1. The standard InChI is InChI=1S/C49H63NO3/c1-32(2)37-19-25-49(31-50-29-33-22-28-53-30-33)27-26-47(6)39(42(37)49)17-18-41-46(5)23-20-38(45(3,4)40(46)21-24-48(41,47)7)34-13-15-36(16-14-34)44(52)43(51)35-11-9-8-10-12-35/h8-16,20,22,28,30,37,39-42,44,50,52H,1,17-19,21,23-27,29,31H2,2-7H3/t37-,39+,40-,41+,42+,44?,46-,47+,48+,49+/m0/s1. The van der Waals surface area contributed by atoms with Crippen LogP contribution in [-0.4, -0.2) is 17.4 Å². The molecule has 1 heterocycles. The van der Waals surface area contributed by atoms with Crippen molar-refractivity contribution in [3.05, 3.63) is 114 Å². The molecule has 0 saturated heterocycles. The second-order valence-corrected chi connectivity index (χ2v) is 19.6. The largest absolute Gasteiger partial charge is 0.472 e. The number of allylic oxidation sites excluding steroid dienone is 3. The Labute approximate surface area is 318 Å². The van der Waals surface area contributed by atoms with Crippen LogP contribution in [0.15, 0.2) is 95.8 Å². The lowest BCUT2D eigenvalue weighted by atomic mass is 9.32. The molecule has 10 atom stereocenters. The molecule has 282 valence electrons. The number of fused-ring (bicyclic) bond motifs is 7. The van der Waals surface area contributed by atoms with Gasteiger partial charge < -0.3 is 14.8 Å². The molecular weight excluding hydrogens is 651 g/mol. The number of carbonyl (C=O) groups excluding carboxylic acids is 1. The fourth-order valence-corrected chi connectivity index (χ4v) is 14.3. The van der Waals surface area contributed by atoms with Crippen LogP contribution in [0.1, 0.15) is 132 Å². The van der Waals surface area contributed by atoms with Gasteiger partial charge in [-0.25, -0.2) is 0 Å². The van der Waals surface area contributed by atoms with Gasteiger partial charge in [0.25, 0.3) is 0 Å². The average Bonchev–Trinajstić information content (AvgIpc) is 3.80. The zero-order valence-electron chi connectivity index (χ0n) is 33.2. The van der Waals surface area contributed by atoms with E-state index in [1.165, 1.54) is 73.6 Å². The highest BCUT2D eigenvalue weighted by molar-refractivity contribution is 5.99.